The minimum Gasteiger partial charge on any atom is -0.632 e. The molecule has 9 heteroatoms. The first-order valence-electron chi connectivity index (χ1n) is 6.71. The van der Waals surface area contributed by atoms with Gasteiger partial charge in [0.2, 0.25) is 11.8 Å². The van der Waals surface area contributed by atoms with Crippen LogP contribution >= 0.6 is 27.7 Å². The average Bonchev–Trinajstić information content (AvgIpc) is 2.82. The SMILES string of the molecule is C=C1S[C@H]2[C@@H](Br)C(=O)N2C=C1C.NC(=O)C1CC[N+]([O-])([O-])C1. The minimum absolute atomic E-state index is 0.0244. The van der Waals surface area contributed by atoms with Crippen LogP contribution < -0.4 is 5.73 Å². The van der Waals surface area contributed by atoms with Crippen LogP contribution in [0.1, 0.15) is 13.3 Å². The van der Waals surface area contributed by atoms with E-state index in [1.807, 2.05) is 13.1 Å². The van der Waals surface area contributed by atoms with E-state index >= 15 is 0 Å². The average molecular weight is 391 g/mol. The summed E-state index contributed by atoms with van der Waals surface area (Å²) in [4.78, 5) is 22.9. The Morgan fingerprint density at radius 3 is 2.68 bits per heavy atom. The van der Waals surface area contributed by atoms with Crippen LogP contribution in [0.5, 0.6) is 0 Å². The molecule has 3 aliphatic heterocycles. The molecule has 3 aliphatic rings. The number of thioether (sulfide) groups is 1. The second-order valence-electron chi connectivity index (χ2n) is 5.50. The minimum atomic E-state index is -1.56. The van der Waals surface area contributed by atoms with Crippen LogP contribution in [0.15, 0.2) is 23.3 Å². The molecule has 0 aromatic heterocycles. The van der Waals surface area contributed by atoms with Gasteiger partial charge in [0.1, 0.15) is 10.2 Å². The van der Waals surface area contributed by atoms with Crippen molar-refractivity contribution in [3.8, 4) is 0 Å². The first-order chi connectivity index (χ1) is 10.1. The summed E-state index contributed by atoms with van der Waals surface area (Å²) in [7, 11) is 0. The number of alkyl halides is 1. The van der Waals surface area contributed by atoms with Crippen LogP contribution in [-0.2, 0) is 9.59 Å². The number of carbonyl (C=O) groups excluding carboxylic acids is 2. The second-order valence-corrected chi connectivity index (χ2v) is 7.70. The Hall–Kier alpha value is -0.870. The number of rotatable bonds is 1. The number of quaternary nitrogens is 1. The number of hydrogen-bond donors (Lipinski definition) is 1. The van der Waals surface area contributed by atoms with Crippen molar-refractivity contribution in [2.75, 3.05) is 13.1 Å². The number of carbonyl (C=O) groups is 2. The second kappa shape index (κ2) is 6.32. The number of amides is 2. The molecular formula is C13H17BrN3O4S-. The molecule has 0 bridgehead atoms. The van der Waals surface area contributed by atoms with E-state index in [-0.39, 0.29) is 29.2 Å². The Morgan fingerprint density at radius 1 is 1.59 bits per heavy atom. The molecule has 0 aromatic rings. The van der Waals surface area contributed by atoms with Gasteiger partial charge in [-0.05, 0) is 12.5 Å². The third-order valence-electron chi connectivity index (χ3n) is 3.77. The highest BCUT2D eigenvalue weighted by Crippen LogP contribution is 2.44. The summed E-state index contributed by atoms with van der Waals surface area (Å²) in [6, 6.07) is 0. The first kappa shape index (κ1) is 17.5. The molecule has 7 nitrogen and oxygen atoms in total. The zero-order chi connectivity index (χ0) is 16.7. The lowest BCUT2D eigenvalue weighted by atomic mass is 10.1. The molecule has 3 heterocycles. The van der Waals surface area contributed by atoms with Crippen LogP contribution in [-0.4, -0.2) is 44.8 Å². The van der Waals surface area contributed by atoms with E-state index in [1.54, 1.807) is 16.7 Å². The topological polar surface area (TPSA) is 110 Å². The van der Waals surface area contributed by atoms with Gasteiger partial charge in [0, 0.05) is 17.5 Å². The van der Waals surface area contributed by atoms with Crippen molar-refractivity contribution in [1.82, 2.24) is 4.90 Å². The van der Waals surface area contributed by atoms with Crippen LogP contribution in [0.2, 0.25) is 0 Å². The molecule has 0 aromatic carbocycles. The number of nitrogens with zero attached hydrogens (tertiary/aromatic N) is 2. The zero-order valence-electron chi connectivity index (χ0n) is 12.0. The molecule has 122 valence electrons. The molecule has 22 heavy (non-hydrogen) atoms. The number of nitrogens with two attached hydrogens (primary N) is 1. The predicted molar refractivity (Wildman–Crippen MR) is 87.9 cm³/mol. The molecule has 0 spiro atoms. The number of allylic oxidation sites excluding steroid dienone is 1. The molecule has 0 radical (unpaired) electrons. The lowest BCUT2D eigenvalue weighted by Crippen LogP contribution is -2.58. The molecule has 0 aliphatic carbocycles. The summed E-state index contributed by atoms with van der Waals surface area (Å²) in [6.45, 7) is 5.65. The van der Waals surface area contributed by atoms with Crippen LogP contribution in [0, 0.1) is 16.3 Å². The molecule has 3 rings (SSSR count). The van der Waals surface area contributed by atoms with Gasteiger partial charge in [-0.1, -0.05) is 34.3 Å². The van der Waals surface area contributed by atoms with Gasteiger partial charge in [-0.2, -0.15) is 0 Å². The maximum absolute atomic E-state index is 11.2. The van der Waals surface area contributed by atoms with E-state index in [2.05, 4.69) is 22.5 Å². The smallest absolute Gasteiger partial charge is 0.244 e. The van der Waals surface area contributed by atoms with Gasteiger partial charge in [-0.25, -0.2) is 0 Å². The monoisotopic (exact) mass is 390 g/mol. The maximum Gasteiger partial charge on any atom is 0.244 e. The van der Waals surface area contributed by atoms with Crippen molar-refractivity contribution >= 4 is 39.5 Å². The molecule has 2 fully saturated rings. The Balaban J connectivity index is 0.000000164. The van der Waals surface area contributed by atoms with Crippen LogP contribution in [0.4, 0.5) is 0 Å². The van der Waals surface area contributed by atoms with Crippen molar-refractivity contribution in [2.24, 2.45) is 11.7 Å². The Morgan fingerprint density at radius 2 is 2.23 bits per heavy atom. The predicted octanol–water partition coefficient (Wildman–Crippen LogP) is 1.39. The number of fused-ring (bicyclic) bond motifs is 1. The maximum atomic E-state index is 11.2. The highest BCUT2D eigenvalue weighted by Gasteiger charge is 2.47. The van der Waals surface area contributed by atoms with Gasteiger partial charge in [0.25, 0.3) is 0 Å². The van der Waals surface area contributed by atoms with E-state index < -0.39 is 16.6 Å². The quantitative estimate of drug-likeness (QED) is 0.314. The lowest BCUT2D eigenvalue weighted by Gasteiger charge is -2.45. The summed E-state index contributed by atoms with van der Waals surface area (Å²) < 4.78 is 0. The first-order valence-corrected chi connectivity index (χ1v) is 8.51. The number of hydroxylamine groups is 4. The fraction of sp³-hybridized carbons (Fsp3) is 0.538. The number of primary amides is 1. The third-order valence-corrected chi connectivity index (χ3v) is 6.36. The van der Waals surface area contributed by atoms with Gasteiger partial charge in [0.05, 0.1) is 19.0 Å². The molecule has 1 unspecified atom stereocenters. The molecule has 2 N–H and O–H groups in total. The summed E-state index contributed by atoms with van der Waals surface area (Å²) in [5.41, 5.74) is 5.98. The van der Waals surface area contributed by atoms with E-state index in [9.17, 15) is 20.0 Å². The molecular weight excluding hydrogens is 374 g/mol. The Kier molecular flexibility index (Phi) is 5.03. The summed E-state index contributed by atoms with van der Waals surface area (Å²) in [6.07, 6.45) is 2.21. The van der Waals surface area contributed by atoms with Crippen molar-refractivity contribution in [3.63, 3.8) is 0 Å². The molecule has 0 saturated carbocycles. The molecule has 3 atom stereocenters. The van der Waals surface area contributed by atoms with Gasteiger partial charge >= 0.3 is 0 Å². The highest BCUT2D eigenvalue weighted by molar-refractivity contribution is 9.10. The van der Waals surface area contributed by atoms with E-state index in [0.29, 0.717) is 6.42 Å². The highest BCUT2D eigenvalue weighted by atomic mass is 79.9. The standard InChI is InChI=1S/C8H8BrNOS.C5H9N2O3/c1-4-3-10-7(11)6(9)8(10)12-5(4)2;6-5(8)4-1-2-7(9,10)3-4/h3,6,8H,2H2,1H3;4H,1-3H2,(H2,6,8)/q;-1/t6-,8-;/m0./s1. The van der Waals surface area contributed by atoms with Gasteiger partial charge in [0.15, 0.2) is 0 Å². The van der Waals surface area contributed by atoms with E-state index in [4.69, 9.17) is 5.73 Å². The molecule has 2 amide bonds. The van der Waals surface area contributed by atoms with Crippen molar-refractivity contribution < 1.29 is 14.4 Å². The van der Waals surface area contributed by atoms with Gasteiger partial charge < -0.3 is 25.9 Å². The van der Waals surface area contributed by atoms with Crippen LogP contribution in [0.25, 0.3) is 0 Å². The fourth-order valence-corrected chi connectivity index (χ4v) is 4.18. The number of β-lactam (4-membered cyclic amide) rings is 1. The van der Waals surface area contributed by atoms with Crippen molar-refractivity contribution in [1.29, 1.82) is 0 Å². The number of hydrogen-bond acceptors (Lipinski definition) is 5. The van der Waals surface area contributed by atoms with E-state index in [1.165, 1.54) is 0 Å². The number of halogens is 1. The largest absolute Gasteiger partial charge is 0.632 e. The Labute approximate surface area is 141 Å². The van der Waals surface area contributed by atoms with Crippen LogP contribution in [0.3, 0.4) is 0 Å². The molecule has 2 saturated heterocycles. The van der Waals surface area contributed by atoms with Crippen molar-refractivity contribution in [3.05, 3.63) is 33.7 Å². The third kappa shape index (κ3) is 3.54. The van der Waals surface area contributed by atoms with E-state index in [0.717, 1.165) is 10.5 Å². The van der Waals surface area contributed by atoms with Crippen molar-refractivity contribution in [2.45, 2.75) is 23.5 Å². The summed E-state index contributed by atoms with van der Waals surface area (Å²) in [5, 5.41) is 21.4. The lowest BCUT2D eigenvalue weighted by molar-refractivity contribution is -0.817. The Bertz CT molecular complexity index is 551. The zero-order valence-corrected chi connectivity index (χ0v) is 14.4. The normalized spacial score (nSPS) is 32.5. The summed E-state index contributed by atoms with van der Waals surface area (Å²) in [5.74, 6) is -0.888. The van der Waals surface area contributed by atoms with Gasteiger partial charge in [-0.15, -0.1) is 0 Å². The fourth-order valence-electron chi connectivity index (χ4n) is 2.32. The van der Waals surface area contributed by atoms with Gasteiger partial charge in [-0.3, -0.25) is 9.59 Å². The summed E-state index contributed by atoms with van der Waals surface area (Å²) >= 11 is 4.98.